The quantitative estimate of drug-likeness (QED) is 0.568. The van der Waals surface area contributed by atoms with Crippen LogP contribution < -0.4 is 5.32 Å². The summed E-state index contributed by atoms with van der Waals surface area (Å²) in [4.78, 5) is 18.4. The van der Waals surface area contributed by atoms with Crippen LogP contribution in [0, 0.1) is 0 Å². The Morgan fingerprint density at radius 3 is 2.48 bits per heavy atom. The molecule has 1 aromatic heterocycles. The van der Waals surface area contributed by atoms with E-state index in [1.807, 2.05) is 36.4 Å². The number of fused-ring (bicyclic) bond motifs is 1. The highest BCUT2D eigenvalue weighted by molar-refractivity contribution is 6.40. The van der Waals surface area contributed by atoms with Crippen molar-refractivity contribution in [2.75, 3.05) is 26.2 Å². The normalized spacial score (nSPS) is 11.3. The Morgan fingerprint density at radius 1 is 1.11 bits per heavy atom. The van der Waals surface area contributed by atoms with E-state index in [0.717, 1.165) is 36.3 Å². The zero-order valence-electron chi connectivity index (χ0n) is 15.5. The molecule has 0 aliphatic rings. The summed E-state index contributed by atoms with van der Waals surface area (Å²) in [5.74, 6) is -0.168. The Morgan fingerprint density at radius 2 is 1.81 bits per heavy atom. The van der Waals surface area contributed by atoms with Crippen molar-refractivity contribution in [1.29, 1.82) is 0 Å². The first kappa shape index (κ1) is 19.7. The van der Waals surface area contributed by atoms with Crippen molar-refractivity contribution in [3.05, 3.63) is 58.2 Å². The number of carbonyl (C=O) groups is 1. The van der Waals surface area contributed by atoms with Crippen LogP contribution in [0.3, 0.4) is 0 Å². The molecule has 0 spiro atoms. The minimum atomic E-state index is -0.168. The van der Waals surface area contributed by atoms with Gasteiger partial charge in [-0.25, -0.2) is 0 Å². The molecule has 0 bridgehead atoms. The maximum Gasteiger partial charge on any atom is 0.268 e. The van der Waals surface area contributed by atoms with E-state index >= 15 is 0 Å². The van der Waals surface area contributed by atoms with Crippen LogP contribution in [-0.4, -0.2) is 42.0 Å². The number of carbonyl (C=O) groups excluding carboxylic acids is 1. The molecule has 3 rings (SSSR count). The predicted molar refractivity (Wildman–Crippen MR) is 114 cm³/mol. The van der Waals surface area contributed by atoms with E-state index in [2.05, 4.69) is 29.0 Å². The molecule has 0 saturated heterocycles. The Labute approximate surface area is 169 Å². The van der Waals surface area contributed by atoms with Gasteiger partial charge in [0, 0.05) is 28.9 Å². The molecule has 2 N–H and O–H groups in total. The summed E-state index contributed by atoms with van der Waals surface area (Å²) >= 11 is 12.7. The van der Waals surface area contributed by atoms with E-state index in [-0.39, 0.29) is 5.91 Å². The van der Waals surface area contributed by atoms with Crippen LogP contribution in [0.5, 0.6) is 0 Å². The first-order valence-corrected chi connectivity index (χ1v) is 9.87. The maximum absolute atomic E-state index is 12.8. The van der Waals surface area contributed by atoms with Crippen molar-refractivity contribution in [2.24, 2.45) is 0 Å². The number of nitrogens with zero attached hydrogens (tertiary/aromatic N) is 1. The molecule has 4 nitrogen and oxygen atoms in total. The molecule has 0 aliphatic carbocycles. The molecule has 2 aromatic carbocycles. The topological polar surface area (TPSA) is 48.1 Å². The minimum absolute atomic E-state index is 0.168. The molecule has 0 atom stereocenters. The third-order valence-corrected chi connectivity index (χ3v) is 5.24. The van der Waals surface area contributed by atoms with Crippen molar-refractivity contribution in [3.8, 4) is 11.3 Å². The summed E-state index contributed by atoms with van der Waals surface area (Å²) in [6, 6.07) is 13.4. The SMILES string of the molecule is CCN(CC)CCNC(=O)c1[nH]c(-c2ccccc2)c2cc(Cl)cc(Cl)c12. The summed E-state index contributed by atoms with van der Waals surface area (Å²) in [5.41, 5.74) is 2.27. The second kappa shape index (κ2) is 8.79. The molecule has 3 aromatic rings. The summed E-state index contributed by atoms with van der Waals surface area (Å²) in [5, 5.41) is 5.53. The van der Waals surface area contributed by atoms with E-state index in [1.54, 1.807) is 6.07 Å². The highest BCUT2D eigenvalue weighted by Gasteiger charge is 2.20. The van der Waals surface area contributed by atoms with Gasteiger partial charge >= 0.3 is 0 Å². The number of benzene rings is 2. The average molecular weight is 404 g/mol. The highest BCUT2D eigenvalue weighted by atomic mass is 35.5. The molecule has 0 unspecified atom stereocenters. The number of aromatic nitrogens is 1. The van der Waals surface area contributed by atoms with Gasteiger partial charge in [0.2, 0.25) is 0 Å². The van der Waals surface area contributed by atoms with E-state index in [9.17, 15) is 4.79 Å². The summed E-state index contributed by atoms with van der Waals surface area (Å²) < 4.78 is 0. The predicted octanol–water partition coefficient (Wildman–Crippen LogP) is 5.21. The van der Waals surface area contributed by atoms with Gasteiger partial charge in [0.1, 0.15) is 5.69 Å². The first-order chi connectivity index (χ1) is 13.0. The zero-order valence-corrected chi connectivity index (χ0v) is 17.0. The molecule has 27 heavy (non-hydrogen) atoms. The molecule has 0 fully saturated rings. The van der Waals surface area contributed by atoms with Gasteiger partial charge in [-0.3, -0.25) is 4.79 Å². The summed E-state index contributed by atoms with van der Waals surface area (Å²) in [7, 11) is 0. The number of nitrogens with one attached hydrogen (secondary N) is 2. The second-order valence-electron chi connectivity index (χ2n) is 6.33. The summed E-state index contributed by atoms with van der Waals surface area (Å²) in [6.45, 7) is 7.52. The molecular formula is C21H23Cl2N3O. The zero-order chi connectivity index (χ0) is 19.4. The van der Waals surface area contributed by atoms with Gasteiger partial charge in [0.25, 0.3) is 5.91 Å². The Balaban J connectivity index is 1.97. The van der Waals surface area contributed by atoms with Gasteiger partial charge in [0.05, 0.1) is 10.7 Å². The molecule has 1 amide bonds. The van der Waals surface area contributed by atoms with Gasteiger partial charge in [-0.05, 0) is 30.8 Å². The van der Waals surface area contributed by atoms with Crippen LogP contribution in [0.4, 0.5) is 0 Å². The standard InChI is InChI=1S/C21H23Cl2N3O/c1-3-26(4-2)11-10-24-21(27)20-18-16(12-15(22)13-17(18)23)19(25-20)14-8-6-5-7-9-14/h5-9,12-13,25H,3-4,10-11H2,1-2H3,(H,24,27). The molecule has 1 heterocycles. The number of rotatable bonds is 7. The Kier molecular flexibility index (Phi) is 6.42. The lowest BCUT2D eigenvalue weighted by Gasteiger charge is -2.17. The molecule has 142 valence electrons. The van der Waals surface area contributed by atoms with Crippen molar-refractivity contribution >= 4 is 39.9 Å². The van der Waals surface area contributed by atoms with Crippen molar-refractivity contribution in [1.82, 2.24) is 15.2 Å². The monoisotopic (exact) mass is 403 g/mol. The average Bonchev–Trinajstić information content (AvgIpc) is 3.05. The smallest absolute Gasteiger partial charge is 0.268 e. The van der Waals surface area contributed by atoms with E-state index in [0.29, 0.717) is 27.7 Å². The van der Waals surface area contributed by atoms with E-state index < -0.39 is 0 Å². The van der Waals surface area contributed by atoms with Gasteiger partial charge < -0.3 is 15.2 Å². The van der Waals surface area contributed by atoms with Crippen LogP contribution in [-0.2, 0) is 0 Å². The number of hydrogen-bond acceptors (Lipinski definition) is 2. The van der Waals surface area contributed by atoms with Crippen LogP contribution in [0.25, 0.3) is 22.0 Å². The number of H-pyrrole nitrogens is 1. The number of amides is 1. The molecule has 0 saturated carbocycles. The Bertz CT molecular complexity index is 933. The Hall–Kier alpha value is -2.01. The third kappa shape index (κ3) is 4.29. The van der Waals surface area contributed by atoms with Gasteiger partial charge in [-0.15, -0.1) is 0 Å². The third-order valence-electron chi connectivity index (χ3n) is 4.72. The fourth-order valence-corrected chi connectivity index (χ4v) is 3.83. The molecule has 6 heteroatoms. The van der Waals surface area contributed by atoms with Crippen molar-refractivity contribution in [2.45, 2.75) is 13.8 Å². The van der Waals surface area contributed by atoms with Crippen LogP contribution in [0.2, 0.25) is 10.0 Å². The van der Waals surface area contributed by atoms with Gasteiger partial charge in [0.15, 0.2) is 0 Å². The molecule has 0 aliphatic heterocycles. The lowest BCUT2D eigenvalue weighted by atomic mass is 10.1. The van der Waals surface area contributed by atoms with Crippen molar-refractivity contribution < 1.29 is 4.79 Å². The molecular weight excluding hydrogens is 381 g/mol. The maximum atomic E-state index is 12.8. The lowest BCUT2D eigenvalue weighted by Crippen LogP contribution is -2.35. The fraction of sp³-hybridized carbons (Fsp3) is 0.286. The first-order valence-electron chi connectivity index (χ1n) is 9.11. The highest BCUT2D eigenvalue weighted by Crippen LogP contribution is 2.37. The number of likely N-dealkylation sites (N-methyl/N-ethyl adjacent to an activating group) is 1. The van der Waals surface area contributed by atoms with Crippen LogP contribution >= 0.6 is 23.2 Å². The lowest BCUT2D eigenvalue weighted by molar-refractivity contribution is 0.0946. The van der Waals surface area contributed by atoms with E-state index in [1.165, 1.54) is 0 Å². The summed E-state index contributed by atoms with van der Waals surface area (Å²) in [6.07, 6.45) is 0. The largest absolute Gasteiger partial charge is 0.349 e. The molecule has 0 radical (unpaired) electrons. The number of hydrogen-bond donors (Lipinski definition) is 2. The number of aromatic amines is 1. The van der Waals surface area contributed by atoms with Gasteiger partial charge in [-0.2, -0.15) is 0 Å². The van der Waals surface area contributed by atoms with E-state index in [4.69, 9.17) is 23.2 Å². The fourth-order valence-electron chi connectivity index (χ4n) is 3.24. The van der Waals surface area contributed by atoms with Crippen LogP contribution in [0.15, 0.2) is 42.5 Å². The second-order valence-corrected chi connectivity index (χ2v) is 7.18. The van der Waals surface area contributed by atoms with Gasteiger partial charge in [-0.1, -0.05) is 67.4 Å². The minimum Gasteiger partial charge on any atom is -0.349 e. The van der Waals surface area contributed by atoms with Crippen LogP contribution in [0.1, 0.15) is 24.3 Å². The van der Waals surface area contributed by atoms with Crippen molar-refractivity contribution in [3.63, 3.8) is 0 Å². The number of halogens is 2.